The van der Waals surface area contributed by atoms with Gasteiger partial charge in [-0.1, -0.05) is 12.1 Å². The van der Waals surface area contributed by atoms with Crippen molar-refractivity contribution in [3.8, 4) is 5.75 Å². The van der Waals surface area contributed by atoms with Gasteiger partial charge in [-0.15, -0.1) is 0 Å². The fourth-order valence-electron chi connectivity index (χ4n) is 3.06. The van der Waals surface area contributed by atoms with Gasteiger partial charge in [0.05, 0.1) is 6.54 Å². The number of nitrogens with two attached hydrogens (primary N) is 1. The van der Waals surface area contributed by atoms with Gasteiger partial charge < -0.3 is 20.9 Å². The van der Waals surface area contributed by atoms with Gasteiger partial charge >= 0.3 is 0 Å². The first-order valence-corrected chi connectivity index (χ1v) is 8.86. The lowest BCUT2D eigenvalue weighted by atomic mass is 9.90. The number of fused-ring (bicyclic) bond motifs is 1. The molecule has 1 aliphatic rings. The lowest BCUT2D eigenvalue weighted by molar-refractivity contribution is 0.114. The predicted octanol–water partition coefficient (Wildman–Crippen LogP) is 2.87. The molecule has 0 radical (unpaired) electrons. The maximum Gasteiger partial charge on any atom is 0.193 e. The standard InChI is InChI=1S/C20H24FN3O2/c21-15-8-10-17(11-9-15)26-13-16(25)12-23-20(22)24-19-7-3-5-14-4-1-2-6-18(14)19/h3,5,7-11,16,25H,1-2,4,6,12-13H2,(H3,22,23,24). The van der Waals surface area contributed by atoms with Crippen LogP contribution >= 0.6 is 0 Å². The van der Waals surface area contributed by atoms with Gasteiger partial charge in [0, 0.05) is 5.69 Å². The van der Waals surface area contributed by atoms with Crippen molar-refractivity contribution in [2.75, 3.05) is 18.5 Å². The molecule has 6 heteroatoms. The van der Waals surface area contributed by atoms with Gasteiger partial charge in [-0.05, 0) is 67.1 Å². The van der Waals surface area contributed by atoms with E-state index in [-0.39, 0.29) is 24.9 Å². The van der Waals surface area contributed by atoms with Crippen LogP contribution in [0, 0.1) is 5.82 Å². The Morgan fingerprint density at radius 1 is 1.19 bits per heavy atom. The highest BCUT2D eigenvalue weighted by molar-refractivity contribution is 5.93. The van der Waals surface area contributed by atoms with Crippen molar-refractivity contribution in [1.82, 2.24) is 0 Å². The summed E-state index contributed by atoms with van der Waals surface area (Å²) in [5.74, 6) is 0.436. The first kappa shape index (κ1) is 18.2. The molecular weight excluding hydrogens is 333 g/mol. The molecule has 2 aromatic carbocycles. The van der Waals surface area contributed by atoms with Crippen molar-refractivity contribution in [2.24, 2.45) is 10.7 Å². The zero-order valence-corrected chi connectivity index (χ0v) is 14.6. The minimum absolute atomic E-state index is 0.0587. The number of hydrogen-bond acceptors (Lipinski definition) is 3. The summed E-state index contributed by atoms with van der Waals surface area (Å²) in [6, 6.07) is 11.8. The number of aliphatic imine (C=N–C) groups is 1. The Hall–Kier alpha value is -2.60. The fraction of sp³-hybridized carbons (Fsp3) is 0.350. The third-order valence-electron chi connectivity index (χ3n) is 4.39. The molecule has 0 aromatic heterocycles. The van der Waals surface area contributed by atoms with Crippen LogP contribution in [0.15, 0.2) is 47.5 Å². The van der Waals surface area contributed by atoms with E-state index in [1.807, 2.05) is 12.1 Å². The van der Waals surface area contributed by atoms with Crippen LogP contribution in [0.5, 0.6) is 5.75 Å². The Balaban J connectivity index is 1.51. The number of nitrogens with zero attached hydrogens (tertiary/aromatic N) is 1. The summed E-state index contributed by atoms with van der Waals surface area (Å²) in [5.41, 5.74) is 9.61. The Morgan fingerprint density at radius 3 is 2.77 bits per heavy atom. The second kappa shape index (κ2) is 8.67. The molecule has 0 saturated heterocycles. The van der Waals surface area contributed by atoms with Crippen LogP contribution in [0.4, 0.5) is 10.1 Å². The van der Waals surface area contributed by atoms with Crippen molar-refractivity contribution < 1.29 is 14.2 Å². The van der Waals surface area contributed by atoms with Crippen LogP contribution in [-0.4, -0.2) is 30.3 Å². The molecule has 4 N–H and O–H groups in total. The normalized spacial score (nSPS) is 15.2. The highest BCUT2D eigenvalue weighted by atomic mass is 19.1. The molecule has 0 bridgehead atoms. The molecule has 1 aliphatic carbocycles. The average Bonchev–Trinajstić information content (AvgIpc) is 2.66. The van der Waals surface area contributed by atoms with E-state index >= 15 is 0 Å². The third kappa shape index (κ3) is 4.95. The van der Waals surface area contributed by atoms with E-state index in [1.54, 1.807) is 0 Å². The van der Waals surface area contributed by atoms with Gasteiger partial charge in [-0.3, -0.25) is 4.99 Å². The number of aryl methyl sites for hydroxylation is 1. The van der Waals surface area contributed by atoms with E-state index in [4.69, 9.17) is 10.5 Å². The lowest BCUT2D eigenvalue weighted by Gasteiger charge is -2.20. The molecule has 0 aliphatic heterocycles. The zero-order chi connectivity index (χ0) is 18.4. The second-order valence-corrected chi connectivity index (χ2v) is 6.42. The summed E-state index contributed by atoms with van der Waals surface area (Å²) in [6.45, 7) is 0.179. The third-order valence-corrected chi connectivity index (χ3v) is 4.39. The van der Waals surface area contributed by atoms with E-state index in [1.165, 1.54) is 48.2 Å². The smallest absolute Gasteiger partial charge is 0.193 e. The number of rotatable bonds is 6. The van der Waals surface area contributed by atoms with Gasteiger partial charge in [-0.2, -0.15) is 0 Å². The summed E-state index contributed by atoms with van der Waals surface area (Å²) >= 11 is 0. The first-order valence-electron chi connectivity index (χ1n) is 8.86. The maximum atomic E-state index is 12.8. The van der Waals surface area contributed by atoms with E-state index in [2.05, 4.69) is 16.4 Å². The SMILES string of the molecule is NC(=NCC(O)COc1ccc(F)cc1)Nc1cccc2c1CCCC2. The number of aliphatic hydroxyl groups excluding tert-OH is 1. The lowest BCUT2D eigenvalue weighted by Crippen LogP contribution is -2.27. The van der Waals surface area contributed by atoms with Crippen molar-refractivity contribution in [1.29, 1.82) is 0 Å². The van der Waals surface area contributed by atoms with Gasteiger partial charge in [0.1, 0.15) is 24.3 Å². The summed E-state index contributed by atoms with van der Waals surface area (Å²) in [7, 11) is 0. The summed E-state index contributed by atoms with van der Waals surface area (Å²) in [5, 5.41) is 13.1. The molecule has 26 heavy (non-hydrogen) atoms. The predicted molar refractivity (Wildman–Crippen MR) is 101 cm³/mol. The maximum absolute atomic E-state index is 12.8. The highest BCUT2D eigenvalue weighted by Gasteiger charge is 2.13. The van der Waals surface area contributed by atoms with Crippen LogP contribution < -0.4 is 15.8 Å². The monoisotopic (exact) mass is 357 g/mol. The quantitative estimate of drug-likeness (QED) is 0.549. The average molecular weight is 357 g/mol. The molecule has 0 spiro atoms. The first-order chi connectivity index (χ1) is 12.6. The van der Waals surface area contributed by atoms with E-state index in [0.717, 1.165) is 18.5 Å². The Morgan fingerprint density at radius 2 is 1.96 bits per heavy atom. The van der Waals surface area contributed by atoms with Crippen LogP contribution in [0.1, 0.15) is 24.0 Å². The number of aliphatic hydroxyl groups is 1. The number of halogens is 1. The van der Waals surface area contributed by atoms with Crippen molar-refractivity contribution in [3.63, 3.8) is 0 Å². The van der Waals surface area contributed by atoms with E-state index < -0.39 is 6.10 Å². The molecular formula is C20H24FN3O2. The fourth-order valence-corrected chi connectivity index (χ4v) is 3.06. The van der Waals surface area contributed by atoms with Gasteiger partial charge in [0.15, 0.2) is 5.96 Å². The van der Waals surface area contributed by atoms with Gasteiger partial charge in [0.25, 0.3) is 0 Å². The van der Waals surface area contributed by atoms with Crippen molar-refractivity contribution in [2.45, 2.75) is 31.8 Å². The minimum atomic E-state index is -0.801. The number of hydrogen-bond donors (Lipinski definition) is 3. The zero-order valence-electron chi connectivity index (χ0n) is 14.6. The van der Waals surface area contributed by atoms with Crippen molar-refractivity contribution in [3.05, 3.63) is 59.4 Å². The number of benzene rings is 2. The Labute approximate surface area is 152 Å². The van der Waals surface area contributed by atoms with Gasteiger partial charge in [-0.25, -0.2) is 4.39 Å². The molecule has 1 atom stereocenters. The second-order valence-electron chi connectivity index (χ2n) is 6.42. The molecule has 0 heterocycles. The Bertz CT molecular complexity index is 762. The van der Waals surface area contributed by atoms with E-state index in [0.29, 0.717) is 5.75 Å². The largest absolute Gasteiger partial charge is 0.491 e. The summed E-state index contributed by atoms with van der Waals surface area (Å²) in [6.07, 6.45) is 3.74. The van der Waals surface area contributed by atoms with Gasteiger partial charge in [0.2, 0.25) is 0 Å². The highest BCUT2D eigenvalue weighted by Crippen LogP contribution is 2.27. The molecule has 5 nitrogen and oxygen atoms in total. The molecule has 2 aromatic rings. The number of guanidine groups is 1. The molecule has 0 fully saturated rings. The minimum Gasteiger partial charge on any atom is -0.491 e. The molecule has 3 rings (SSSR count). The summed E-state index contributed by atoms with van der Waals surface area (Å²) in [4.78, 5) is 4.19. The summed E-state index contributed by atoms with van der Waals surface area (Å²) < 4.78 is 18.2. The molecule has 0 saturated carbocycles. The topological polar surface area (TPSA) is 79.9 Å². The van der Waals surface area contributed by atoms with Crippen LogP contribution in [-0.2, 0) is 12.8 Å². The van der Waals surface area contributed by atoms with Crippen LogP contribution in [0.3, 0.4) is 0 Å². The number of nitrogens with one attached hydrogen (secondary N) is 1. The number of ether oxygens (including phenoxy) is 1. The van der Waals surface area contributed by atoms with Crippen LogP contribution in [0.25, 0.3) is 0 Å². The molecule has 0 amide bonds. The van der Waals surface area contributed by atoms with E-state index in [9.17, 15) is 9.50 Å². The molecule has 1 unspecified atom stereocenters. The van der Waals surface area contributed by atoms with Crippen LogP contribution in [0.2, 0.25) is 0 Å². The molecule has 138 valence electrons. The Kier molecular flexibility index (Phi) is 6.07. The number of anilines is 1. The van der Waals surface area contributed by atoms with Crippen molar-refractivity contribution >= 4 is 11.6 Å².